The molecule has 4 rings (SSSR count). The van der Waals surface area contributed by atoms with Crippen molar-refractivity contribution in [3.8, 4) is 52.7 Å². The van der Waals surface area contributed by atoms with Crippen LogP contribution in [-0.2, 0) is 0 Å². The summed E-state index contributed by atoms with van der Waals surface area (Å²) in [5, 5.41) is 26.1. The molecule has 0 radical (unpaired) electrons. The summed E-state index contributed by atoms with van der Waals surface area (Å²) < 4.78 is 185. The van der Waals surface area contributed by atoms with Crippen molar-refractivity contribution in [1.82, 2.24) is 0 Å². The molecule has 0 aromatic heterocycles. The highest BCUT2D eigenvalue weighted by molar-refractivity contribution is 5.51. The van der Waals surface area contributed by atoms with Crippen LogP contribution in [-0.4, -0.2) is 0 Å². The first kappa shape index (κ1) is 31.8. The fraction of sp³-hybridized carbons (Fsp3) is 0. The van der Waals surface area contributed by atoms with Crippen LogP contribution >= 0.6 is 0 Å². The van der Waals surface area contributed by atoms with Gasteiger partial charge in [0.25, 0.3) is 0 Å². The van der Waals surface area contributed by atoms with Gasteiger partial charge in [0.15, 0.2) is 34.9 Å². The average molecular weight is 645 g/mol. The Labute approximate surface area is 240 Å². The molecule has 0 aliphatic rings. The van der Waals surface area contributed by atoms with Crippen LogP contribution < -0.4 is 14.2 Å². The number of halogens is 12. The lowest BCUT2D eigenvalue weighted by atomic mass is 10.1. The van der Waals surface area contributed by atoms with Crippen molar-refractivity contribution in [3.05, 3.63) is 105 Å². The van der Waals surface area contributed by atoms with Gasteiger partial charge in [-0.25, -0.2) is 26.3 Å². The van der Waals surface area contributed by atoms with Gasteiger partial charge < -0.3 is 14.2 Å². The highest BCUT2D eigenvalue weighted by Crippen LogP contribution is 2.41. The minimum atomic E-state index is -2.33. The highest BCUT2D eigenvalue weighted by atomic mass is 19.2. The molecule has 6 nitrogen and oxygen atoms in total. The molecular weight excluding hydrogens is 642 g/mol. The molecule has 4 aromatic rings. The largest absolute Gasteiger partial charge is 0.451 e. The van der Waals surface area contributed by atoms with Crippen LogP contribution in [0.25, 0.3) is 0 Å². The van der Waals surface area contributed by atoms with Crippen LogP contribution in [0, 0.1) is 104 Å². The van der Waals surface area contributed by atoms with Crippen molar-refractivity contribution in [2.75, 3.05) is 0 Å². The van der Waals surface area contributed by atoms with E-state index in [1.807, 2.05) is 0 Å². The summed E-state index contributed by atoms with van der Waals surface area (Å²) in [6, 6.07) is 3.50. The number of nitrogens with zero attached hydrogens (tertiary/aromatic N) is 3. The maximum absolute atomic E-state index is 14.5. The number of nitriles is 3. The molecule has 0 amide bonds. The Kier molecular flexibility index (Phi) is 8.41. The highest BCUT2D eigenvalue weighted by Gasteiger charge is 2.31. The second-order valence-electron chi connectivity index (χ2n) is 8.16. The molecule has 0 saturated heterocycles. The van der Waals surface area contributed by atoms with Gasteiger partial charge in [0, 0.05) is 18.2 Å². The molecule has 228 valence electrons. The molecule has 0 unspecified atom stereocenters. The van der Waals surface area contributed by atoms with Crippen molar-refractivity contribution in [2.45, 2.75) is 0 Å². The van der Waals surface area contributed by atoms with Crippen LogP contribution in [0.3, 0.4) is 0 Å². The Balaban J connectivity index is 1.93. The third-order valence-electron chi connectivity index (χ3n) is 5.52. The van der Waals surface area contributed by atoms with Gasteiger partial charge in [-0.2, -0.15) is 42.1 Å². The van der Waals surface area contributed by atoms with Crippen molar-refractivity contribution < 1.29 is 66.9 Å². The van der Waals surface area contributed by atoms with Crippen molar-refractivity contribution in [2.24, 2.45) is 0 Å². The summed E-state index contributed by atoms with van der Waals surface area (Å²) in [5.74, 6) is -36.9. The third kappa shape index (κ3) is 5.31. The van der Waals surface area contributed by atoms with Crippen molar-refractivity contribution in [3.63, 3.8) is 0 Å². The molecule has 0 aliphatic carbocycles. The number of ether oxygens (including phenoxy) is 3. The van der Waals surface area contributed by atoms with Gasteiger partial charge >= 0.3 is 0 Å². The fourth-order valence-electron chi connectivity index (χ4n) is 3.47. The van der Waals surface area contributed by atoms with E-state index in [0.29, 0.717) is 18.2 Å². The molecule has 0 spiro atoms. The van der Waals surface area contributed by atoms with Gasteiger partial charge in [-0.1, -0.05) is 0 Å². The maximum Gasteiger partial charge on any atom is 0.205 e. The maximum atomic E-state index is 14.5. The molecule has 45 heavy (non-hydrogen) atoms. The predicted molar refractivity (Wildman–Crippen MR) is 120 cm³/mol. The van der Waals surface area contributed by atoms with E-state index < -0.39 is 121 Å². The van der Waals surface area contributed by atoms with Gasteiger partial charge in [-0.05, 0) is 0 Å². The molecule has 0 heterocycles. The van der Waals surface area contributed by atoms with E-state index in [-0.39, 0.29) is 0 Å². The van der Waals surface area contributed by atoms with Gasteiger partial charge in [-0.3, -0.25) is 0 Å². The number of rotatable bonds is 6. The number of benzene rings is 4. The third-order valence-corrected chi connectivity index (χ3v) is 5.52. The van der Waals surface area contributed by atoms with E-state index >= 15 is 0 Å². The molecule has 4 aromatic carbocycles. The number of hydrogen-bond acceptors (Lipinski definition) is 6. The Hall–Kier alpha value is -6.09. The number of hydrogen-bond donors (Lipinski definition) is 0. The predicted octanol–water partition coefficient (Wildman–Crippen LogP) is 8.35. The lowest BCUT2D eigenvalue weighted by molar-refractivity contribution is 0.346. The zero-order valence-electron chi connectivity index (χ0n) is 20.8. The van der Waals surface area contributed by atoms with Crippen molar-refractivity contribution >= 4 is 0 Å². The van der Waals surface area contributed by atoms with E-state index in [0.717, 1.165) is 18.2 Å². The fourth-order valence-corrected chi connectivity index (χ4v) is 3.47. The van der Waals surface area contributed by atoms with E-state index in [4.69, 9.17) is 15.8 Å². The first-order valence-corrected chi connectivity index (χ1v) is 11.1. The molecular formula is C27H3F12N3O3. The van der Waals surface area contributed by atoms with Crippen LogP contribution in [0.4, 0.5) is 52.7 Å². The van der Waals surface area contributed by atoms with E-state index in [2.05, 4.69) is 14.2 Å². The summed E-state index contributed by atoms with van der Waals surface area (Å²) in [4.78, 5) is 0. The SMILES string of the molecule is N#Cc1c(F)c(F)c(Oc2cc(Oc3c(F)c(F)c(C#N)c(F)c3F)cc(Oc3c(F)c(F)c(C#N)c(F)c3F)c2)c(F)c1F. The molecule has 18 heteroatoms. The molecule has 0 saturated carbocycles. The monoisotopic (exact) mass is 645 g/mol. The summed E-state index contributed by atoms with van der Waals surface area (Å²) in [6.07, 6.45) is 0. The quantitative estimate of drug-likeness (QED) is 0.154. The Morgan fingerprint density at radius 3 is 0.667 bits per heavy atom. The summed E-state index contributed by atoms with van der Waals surface area (Å²) in [7, 11) is 0. The second-order valence-corrected chi connectivity index (χ2v) is 8.16. The van der Waals surface area contributed by atoms with Gasteiger partial charge in [0.05, 0.1) is 0 Å². The van der Waals surface area contributed by atoms with Crippen LogP contribution in [0.15, 0.2) is 18.2 Å². The van der Waals surface area contributed by atoms with Crippen LogP contribution in [0.5, 0.6) is 34.5 Å². The first-order chi connectivity index (χ1) is 21.2. The zero-order valence-corrected chi connectivity index (χ0v) is 20.8. The van der Waals surface area contributed by atoms with E-state index in [9.17, 15) is 52.7 Å². The Morgan fingerprint density at radius 2 is 0.511 bits per heavy atom. The molecule has 0 atom stereocenters. The first-order valence-electron chi connectivity index (χ1n) is 11.1. The van der Waals surface area contributed by atoms with E-state index in [1.54, 1.807) is 0 Å². The second kappa shape index (κ2) is 11.9. The summed E-state index contributed by atoms with van der Waals surface area (Å²) in [5.41, 5.74) is -5.19. The summed E-state index contributed by atoms with van der Waals surface area (Å²) >= 11 is 0. The minimum Gasteiger partial charge on any atom is -0.451 e. The van der Waals surface area contributed by atoms with Gasteiger partial charge in [0.1, 0.15) is 52.1 Å². The lowest BCUT2D eigenvalue weighted by Crippen LogP contribution is -2.06. The Bertz CT molecular complexity index is 1740. The van der Waals surface area contributed by atoms with Gasteiger partial charge in [-0.15, -0.1) is 0 Å². The van der Waals surface area contributed by atoms with Crippen LogP contribution in [0.1, 0.15) is 16.7 Å². The molecule has 0 bridgehead atoms. The zero-order chi connectivity index (χ0) is 33.5. The Morgan fingerprint density at radius 1 is 0.333 bits per heavy atom. The lowest BCUT2D eigenvalue weighted by Gasteiger charge is -2.16. The molecule has 0 aliphatic heterocycles. The smallest absolute Gasteiger partial charge is 0.205 e. The molecule has 0 fully saturated rings. The minimum absolute atomic E-state index is 0.333. The van der Waals surface area contributed by atoms with Crippen LogP contribution in [0.2, 0.25) is 0 Å². The summed E-state index contributed by atoms with van der Waals surface area (Å²) in [6.45, 7) is 0. The van der Waals surface area contributed by atoms with Crippen molar-refractivity contribution in [1.29, 1.82) is 15.8 Å². The van der Waals surface area contributed by atoms with E-state index in [1.165, 1.54) is 0 Å². The molecule has 0 N–H and O–H groups in total. The topological polar surface area (TPSA) is 99.1 Å². The van der Waals surface area contributed by atoms with Gasteiger partial charge in [0.2, 0.25) is 52.2 Å². The standard InChI is InChI=1S/C27H3F12N3O3/c28-13-10(4-40)14(29)20(35)25(19(13)34)43-7-1-8(44-26-21(36)15(30)11(5-41)16(31)22(26)37)3-9(2-7)45-27-23(38)17(32)12(6-42)18(33)24(27)39/h1-3H. The normalized spacial score (nSPS) is 10.6. The average Bonchev–Trinajstić information content (AvgIpc) is 3.01.